The minimum atomic E-state index is -0.227. The molecule has 0 aliphatic carbocycles. The molecule has 0 amide bonds. The van der Waals surface area contributed by atoms with Gasteiger partial charge in [0.15, 0.2) is 0 Å². The quantitative estimate of drug-likeness (QED) is 0.806. The highest BCUT2D eigenvalue weighted by Crippen LogP contribution is 2.29. The van der Waals surface area contributed by atoms with Crippen LogP contribution in [0.1, 0.15) is 5.56 Å². The summed E-state index contributed by atoms with van der Waals surface area (Å²) in [5.74, 6) is -0.227. The fourth-order valence-corrected chi connectivity index (χ4v) is 2.13. The van der Waals surface area contributed by atoms with E-state index in [1.807, 2.05) is 36.5 Å². The monoisotopic (exact) mass is 240 g/mol. The van der Waals surface area contributed by atoms with E-state index in [0.29, 0.717) is 0 Å². The maximum absolute atomic E-state index is 13.1. The third-order valence-corrected chi connectivity index (χ3v) is 3.20. The van der Waals surface area contributed by atoms with Crippen molar-refractivity contribution in [1.82, 2.24) is 9.88 Å². The van der Waals surface area contributed by atoms with Crippen molar-refractivity contribution in [2.24, 2.45) is 0 Å². The van der Waals surface area contributed by atoms with Gasteiger partial charge in [-0.2, -0.15) is 0 Å². The van der Waals surface area contributed by atoms with E-state index in [2.05, 4.69) is 11.6 Å². The van der Waals surface area contributed by atoms with Crippen molar-refractivity contribution < 1.29 is 4.39 Å². The largest absolute Gasteiger partial charge is 0.360 e. The fraction of sp³-hybridized carbons (Fsp3) is 0.0667. The number of H-pyrrole nitrogens is 1. The second-order valence-electron chi connectivity index (χ2n) is 4.41. The molecule has 0 radical (unpaired) electrons. The number of likely N-dealkylation sites (N-methyl/N-ethyl adjacent to an activating group) is 1. The van der Waals surface area contributed by atoms with Crippen LogP contribution in [0.2, 0.25) is 0 Å². The van der Waals surface area contributed by atoms with Crippen LogP contribution in [-0.2, 0) is 0 Å². The molecule has 18 heavy (non-hydrogen) atoms. The summed E-state index contributed by atoms with van der Waals surface area (Å²) in [4.78, 5) is 5.07. The van der Waals surface area contributed by atoms with Crippen molar-refractivity contribution in [3.8, 4) is 0 Å². The third-order valence-electron chi connectivity index (χ3n) is 3.20. The summed E-state index contributed by atoms with van der Waals surface area (Å²) in [6, 6.07) is 4.79. The lowest BCUT2D eigenvalue weighted by Gasteiger charge is -2.20. The maximum atomic E-state index is 13.1. The maximum Gasteiger partial charge on any atom is 0.125 e. The van der Waals surface area contributed by atoms with Gasteiger partial charge in [-0.3, -0.25) is 0 Å². The summed E-state index contributed by atoms with van der Waals surface area (Å²) in [6.45, 7) is 3.92. The Balaban J connectivity index is 2.13. The lowest BCUT2D eigenvalue weighted by molar-refractivity contribution is 0.589. The Morgan fingerprint density at radius 1 is 1.28 bits per heavy atom. The predicted octanol–water partition coefficient (Wildman–Crippen LogP) is 3.66. The molecule has 3 heteroatoms. The number of halogens is 1. The Morgan fingerprint density at radius 3 is 2.89 bits per heavy atom. The normalized spacial score (nSPS) is 15.3. The number of nitrogens with zero attached hydrogens (tertiary/aromatic N) is 1. The number of aromatic nitrogens is 1. The van der Waals surface area contributed by atoms with E-state index in [1.165, 1.54) is 12.1 Å². The molecule has 1 aliphatic heterocycles. The molecule has 0 fully saturated rings. The molecular weight excluding hydrogens is 227 g/mol. The number of allylic oxidation sites excluding steroid dienone is 3. The number of fused-ring (bicyclic) bond motifs is 1. The summed E-state index contributed by atoms with van der Waals surface area (Å²) in [7, 11) is 1.96. The molecule has 2 heterocycles. The number of hydrogen-bond donors (Lipinski definition) is 1. The smallest absolute Gasteiger partial charge is 0.125 e. The van der Waals surface area contributed by atoms with E-state index in [9.17, 15) is 4.39 Å². The van der Waals surface area contributed by atoms with Gasteiger partial charge < -0.3 is 9.88 Å². The van der Waals surface area contributed by atoms with Gasteiger partial charge in [0.25, 0.3) is 0 Å². The molecule has 0 spiro atoms. The van der Waals surface area contributed by atoms with Crippen LogP contribution in [0, 0.1) is 5.82 Å². The van der Waals surface area contributed by atoms with Crippen LogP contribution in [0.5, 0.6) is 0 Å². The van der Waals surface area contributed by atoms with Gasteiger partial charge in [-0.1, -0.05) is 12.7 Å². The standard InChI is InChI=1S/C15H13FN2/c1-10-3-4-11(9-18(10)2)14-8-17-15-7-12(16)5-6-13(14)15/h3-9,17H,1H2,2H3. The summed E-state index contributed by atoms with van der Waals surface area (Å²) >= 11 is 0. The SMILES string of the molecule is C=C1C=CC(c2c[nH]c3cc(F)ccc23)=CN1C. The van der Waals surface area contributed by atoms with Gasteiger partial charge in [-0.15, -0.1) is 0 Å². The minimum Gasteiger partial charge on any atom is -0.360 e. The molecule has 1 aromatic heterocycles. The summed E-state index contributed by atoms with van der Waals surface area (Å²) in [5.41, 5.74) is 3.92. The van der Waals surface area contributed by atoms with Crippen molar-refractivity contribution in [3.05, 3.63) is 66.4 Å². The number of rotatable bonds is 1. The van der Waals surface area contributed by atoms with Gasteiger partial charge in [0.1, 0.15) is 5.82 Å². The summed E-state index contributed by atoms with van der Waals surface area (Å²) in [6.07, 6.45) is 7.92. The third kappa shape index (κ3) is 1.64. The highest BCUT2D eigenvalue weighted by atomic mass is 19.1. The van der Waals surface area contributed by atoms with Crippen molar-refractivity contribution in [1.29, 1.82) is 0 Å². The van der Waals surface area contributed by atoms with Crippen molar-refractivity contribution >= 4 is 16.5 Å². The molecule has 2 nitrogen and oxygen atoms in total. The average molecular weight is 240 g/mol. The highest BCUT2D eigenvalue weighted by Gasteiger charge is 2.11. The zero-order valence-electron chi connectivity index (χ0n) is 10.1. The Kier molecular flexibility index (Phi) is 2.33. The number of nitrogens with one attached hydrogen (secondary N) is 1. The first-order chi connectivity index (χ1) is 8.65. The van der Waals surface area contributed by atoms with Gasteiger partial charge >= 0.3 is 0 Å². The first kappa shape index (κ1) is 10.8. The van der Waals surface area contributed by atoms with Crippen LogP contribution in [0.15, 0.2) is 55.0 Å². The molecule has 1 N–H and O–H groups in total. The molecule has 0 bridgehead atoms. The lowest BCUT2D eigenvalue weighted by atomic mass is 10.0. The van der Waals surface area contributed by atoms with Crippen LogP contribution >= 0.6 is 0 Å². The average Bonchev–Trinajstić information content (AvgIpc) is 2.75. The predicted molar refractivity (Wildman–Crippen MR) is 72.3 cm³/mol. The van der Waals surface area contributed by atoms with Crippen LogP contribution in [0.3, 0.4) is 0 Å². The molecule has 1 aliphatic rings. The van der Waals surface area contributed by atoms with E-state index in [-0.39, 0.29) is 5.82 Å². The van der Waals surface area contributed by atoms with Crippen LogP contribution in [0.25, 0.3) is 16.5 Å². The van der Waals surface area contributed by atoms with Gasteiger partial charge in [-0.05, 0) is 24.3 Å². The van der Waals surface area contributed by atoms with Gasteiger partial charge in [0, 0.05) is 47.2 Å². The first-order valence-electron chi connectivity index (χ1n) is 5.74. The Bertz CT molecular complexity index is 692. The zero-order valence-corrected chi connectivity index (χ0v) is 10.1. The van der Waals surface area contributed by atoms with Crippen molar-refractivity contribution in [3.63, 3.8) is 0 Å². The topological polar surface area (TPSA) is 19.0 Å². The lowest BCUT2D eigenvalue weighted by Crippen LogP contribution is -2.10. The van der Waals surface area contributed by atoms with Crippen LogP contribution < -0.4 is 0 Å². The second-order valence-corrected chi connectivity index (χ2v) is 4.41. The van der Waals surface area contributed by atoms with Crippen LogP contribution in [-0.4, -0.2) is 16.9 Å². The second kappa shape index (κ2) is 3.88. The molecule has 1 aromatic carbocycles. The fourth-order valence-electron chi connectivity index (χ4n) is 2.13. The summed E-state index contributed by atoms with van der Waals surface area (Å²) in [5, 5.41) is 1.02. The van der Waals surface area contributed by atoms with Gasteiger partial charge in [0.2, 0.25) is 0 Å². The van der Waals surface area contributed by atoms with Gasteiger partial charge in [0.05, 0.1) is 0 Å². The minimum absolute atomic E-state index is 0.227. The molecule has 0 saturated heterocycles. The zero-order chi connectivity index (χ0) is 12.7. The van der Waals surface area contributed by atoms with E-state index in [1.54, 1.807) is 6.07 Å². The first-order valence-corrected chi connectivity index (χ1v) is 5.74. The molecule has 2 aromatic rings. The molecule has 0 saturated carbocycles. The molecule has 3 rings (SSSR count). The van der Waals surface area contributed by atoms with Gasteiger partial charge in [-0.25, -0.2) is 4.39 Å². The van der Waals surface area contributed by atoms with Crippen molar-refractivity contribution in [2.45, 2.75) is 0 Å². The Morgan fingerprint density at radius 2 is 2.11 bits per heavy atom. The Hall–Kier alpha value is -2.29. The highest BCUT2D eigenvalue weighted by molar-refractivity contribution is 5.95. The molecule has 90 valence electrons. The van der Waals surface area contributed by atoms with E-state index in [0.717, 1.165) is 27.7 Å². The number of hydrogen-bond acceptors (Lipinski definition) is 1. The molecular formula is C15H13FN2. The molecule has 0 unspecified atom stereocenters. The number of benzene rings is 1. The van der Waals surface area contributed by atoms with E-state index >= 15 is 0 Å². The van der Waals surface area contributed by atoms with Crippen molar-refractivity contribution in [2.75, 3.05) is 7.05 Å². The van der Waals surface area contributed by atoms with E-state index < -0.39 is 0 Å². The molecule has 0 atom stereocenters. The van der Waals surface area contributed by atoms with E-state index in [4.69, 9.17) is 0 Å². The van der Waals surface area contributed by atoms with Crippen LogP contribution in [0.4, 0.5) is 4.39 Å². The Labute approximate surface area is 105 Å². The summed E-state index contributed by atoms with van der Waals surface area (Å²) < 4.78 is 13.1. The number of aromatic amines is 1.